The number of hydrogen-bond donors (Lipinski definition) is 1. The van der Waals surface area contributed by atoms with Crippen molar-refractivity contribution in [1.29, 1.82) is 0 Å². The third-order valence-corrected chi connectivity index (χ3v) is 4.41. The van der Waals surface area contributed by atoms with Gasteiger partial charge in [0.2, 0.25) is 0 Å². The molecule has 0 aliphatic rings. The molecule has 102 valence electrons. The van der Waals surface area contributed by atoms with E-state index in [-0.39, 0.29) is 0 Å². The summed E-state index contributed by atoms with van der Waals surface area (Å²) in [5.74, 6) is 1.48. The van der Waals surface area contributed by atoms with E-state index in [0.29, 0.717) is 6.04 Å². The summed E-state index contributed by atoms with van der Waals surface area (Å²) in [4.78, 5) is 0. The SMILES string of the molecule is CNC(CC(C)CC(C)C)c1cc(Cl)ccc1I. The first-order valence-corrected chi connectivity index (χ1v) is 8.02. The van der Waals surface area contributed by atoms with E-state index in [2.05, 4.69) is 60.8 Å². The van der Waals surface area contributed by atoms with Crippen LogP contribution in [0.5, 0.6) is 0 Å². The van der Waals surface area contributed by atoms with Gasteiger partial charge in [-0.3, -0.25) is 0 Å². The molecule has 0 aliphatic heterocycles. The normalized spacial score (nSPS) is 14.8. The van der Waals surface area contributed by atoms with E-state index in [1.54, 1.807) is 0 Å². The van der Waals surface area contributed by atoms with Crippen LogP contribution in [0.3, 0.4) is 0 Å². The van der Waals surface area contributed by atoms with E-state index in [1.807, 2.05) is 13.1 Å². The van der Waals surface area contributed by atoms with Crippen molar-refractivity contribution in [1.82, 2.24) is 5.32 Å². The monoisotopic (exact) mass is 379 g/mol. The zero-order chi connectivity index (χ0) is 13.7. The van der Waals surface area contributed by atoms with Crippen molar-refractivity contribution < 1.29 is 0 Å². The molecule has 0 saturated carbocycles. The predicted molar refractivity (Wildman–Crippen MR) is 89.2 cm³/mol. The molecule has 1 aromatic carbocycles. The molecule has 0 saturated heterocycles. The second kappa shape index (κ2) is 7.71. The van der Waals surface area contributed by atoms with Gasteiger partial charge in [0.15, 0.2) is 0 Å². The molecule has 0 spiro atoms. The average Bonchev–Trinajstić information content (AvgIpc) is 2.28. The van der Waals surface area contributed by atoms with Crippen molar-refractivity contribution in [3.8, 4) is 0 Å². The van der Waals surface area contributed by atoms with Gasteiger partial charge in [-0.15, -0.1) is 0 Å². The fourth-order valence-electron chi connectivity index (χ4n) is 2.49. The Morgan fingerprint density at radius 3 is 2.44 bits per heavy atom. The number of hydrogen-bond acceptors (Lipinski definition) is 1. The Bertz CT molecular complexity index is 379. The van der Waals surface area contributed by atoms with Gasteiger partial charge in [0.05, 0.1) is 0 Å². The Morgan fingerprint density at radius 2 is 1.89 bits per heavy atom. The van der Waals surface area contributed by atoms with E-state index in [1.165, 1.54) is 15.6 Å². The standard InChI is InChI=1S/C15H23ClIN/c1-10(2)7-11(3)8-15(18-4)13-9-12(16)5-6-14(13)17/h5-6,9-11,15,18H,7-8H2,1-4H3. The van der Waals surface area contributed by atoms with Crippen molar-refractivity contribution in [2.24, 2.45) is 11.8 Å². The molecule has 0 aliphatic carbocycles. The van der Waals surface area contributed by atoms with Crippen LogP contribution >= 0.6 is 34.2 Å². The minimum Gasteiger partial charge on any atom is -0.313 e. The highest BCUT2D eigenvalue weighted by atomic mass is 127. The van der Waals surface area contributed by atoms with Crippen LogP contribution in [-0.2, 0) is 0 Å². The lowest BCUT2D eigenvalue weighted by atomic mass is 9.90. The maximum atomic E-state index is 6.11. The molecule has 1 aromatic rings. The zero-order valence-electron chi connectivity index (χ0n) is 11.6. The molecule has 1 N–H and O–H groups in total. The first-order valence-electron chi connectivity index (χ1n) is 6.56. The Labute approximate surface area is 130 Å². The lowest BCUT2D eigenvalue weighted by molar-refractivity contribution is 0.366. The molecule has 1 nitrogen and oxygen atoms in total. The van der Waals surface area contributed by atoms with E-state index in [4.69, 9.17) is 11.6 Å². The average molecular weight is 380 g/mol. The van der Waals surface area contributed by atoms with Crippen molar-refractivity contribution in [2.45, 2.75) is 39.7 Å². The van der Waals surface area contributed by atoms with E-state index < -0.39 is 0 Å². The van der Waals surface area contributed by atoms with Crippen LogP contribution in [-0.4, -0.2) is 7.05 Å². The number of benzene rings is 1. The summed E-state index contributed by atoms with van der Waals surface area (Å²) in [6.07, 6.45) is 2.43. The van der Waals surface area contributed by atoms with Crippen molar-refractivity contribution >= 4 is 34.2 Å². The lowest BCUT2D eigenvalue weighted by Crippen LogP contribution is -2.20. The van der Waals surface area contributed by atoms with Crippen LogP contribution in [0.4, 0.5) is 0 Å². The molecule has 2 atom stereocenters. The highest BCUT2D eigenvalue weighted by molar-refractivity contribution is 14.1. The van der Waals surface area contributed by atoms with Gasteiger partial charge in [-0.1, -0.05) is 32.4 Å². The molecule has 0 fully saturated rings. The summed E-state index contributed by atoms with van der Waals surface area (Å²) in [5.41, 5.74) is 1.32. The molecular weight excluding hydrogens is 357 g/mol. The van der Waals surface area contributed by atoms with Gasteiger partial charge < -0.3 is 5.32 Å². The maximum Gasteiger partial charge on any atom is 0.0410 e. The first-order chi connectivity index (χ1) is 8.43. The van der Waals surface area contributed by atoms with Crippen LogP contribution < -0.4 is 5.32 Å². The minimum atomic E-state index is 0.393. The van der Waals surface area contributed by atoms with Crippen LogP contribution in [0, 0.1) is 15.4 Å². The first kappa shape index (κ1) is 16.3. The highest BCUT2D eigenvalue weighted by Crippen LogP contribution is 2.29. The van der Waals surface area contributed by atoms with Gasteiger partial charge in [-0.05, 0) is 78.1 Å². The minimum absolute atomic E-state index is 0.393. The van der Waals surface area contributed by atoms with Crippen LogP contribution in [0.2, 0.25) is 5.02 Å². The molecule has 18 heavy (non-hydrogen) atoms. The van der Waals surface area contributed by atoms with Crippen molar-refractivity contribution in [3.05, 3.63) is 32.4 Å². The second-order valence-electron chi connectivity index (χ2n) is 5.48. The third-order valence-electron chi connectivity index (χ3n) is 3.19. The van der Waals surface area contributed by atoms with Gasteiger partial charge in [0.25, 0.3) is 0 Å². The number of rotatable bonds is 6. The van der Waals surface area contributed by atoms with Crippen LogP contribution in [0.1, 0.15) is 45.2 Å². The quantitative estimate of drug-likeness (QED) is 0.663. The van der Waals surface area contributed by atoms with E-state index >= 15 is 0 Å². The fourth-order valence-corrected chi connectivity index (χ4v) is 3.38. The molecule has 0 bridgehead atoms. The number of nitrogens with one attached hydrogen (secondary N) is 1. The fraction of sp³-hybridized carbons (Fsp3) is 0.600. The molecule has 0 amide bonds. The third kappa shape index (κ3) is 5.06. The summed E-state index contributed by atoms with van der Waals surface area (Å²) in [6, 6.07) is 6.53. The molecule has 3 heteroatoms. The van der Waals surface area contributed by atoms with E-state index in [9.17, 15) is 0 Å². The Hall–Kier alpha value is 0.200. The lowest BCUT2D eigenvalue weighted by Gasteiger charge is -2.23. The van der Waals surface area contributed by atoms with Crippen molar-refractivity contribution in [3.63, 3.8) is 0 Å². The van der Waals surface area contributed by atoms with E-state index in [0.717, 1.165) is 23.3 Å². The topological polar surface area (TPSA) is 12.0 Å². The summed E-state index contributed by atoms with van der Waals surface area (Å²) in [6.45, 7) is 6.91. The summed E-state index contributed by atoms with van der Waals surface area (Å²) < 4.78 is 1.29. The Balaban J connectivity index is 2.79. The van der Waals surface area contributed by atoms with Gasteiger partial charge >= 0.3 is 0 Å². The second-order valence-corrected chi connectivity index (χ2v) is 7.08. The molecular formula is C15H23ClIN. The smallest absolute Gasteiger partial charge is 0.0410 e. The Morgan fingerprint density at radius 1 is 1.22 bits per heavy atom. The zero-order valence-corrected chi connectivity index (χ0v) is 14.5. The van der Waals surface area contributed by atoms with Crippen LogP contribution in [0.25, 0.3) is 0 Å². The summed E-state index contributed by atoms with van der Waals surface area (Å²) >= 11 is 8.50. The molecule has 2 unspecified atom stereocenters. The molecule has 0 radical (unpaired) electrons. The van der Waals surface area contributed by atoms with Gasteiger partial charge in [0.1, 0.15) is 0 Å². The van der Waals surface area contributed by atoms with Gasteiger partial charge in [-0.25, -0.2) is 0 Å². The highest BCUT2D eigenvalue weighted by Gasteiger charge is 2.17. The largest absolute Gasteiger partial charge is 0.313 e. The molecule has 0 heterocycles. The molecule has 1 rings (SSSR count). The van der Waals surface area contributed by atoms with Gasteiger partial charge in [0, 0.05) is 14.6 Å². The number of halogens is 2. The summed E-state index contributed by atoms with van der Waals surface area (Å²) in [5, 5.41) is 4.25. The summed E-state index contributed by atoms with van der Waals surface area (Å²) in [7, 11) is 2.03. The maximum absolute atomic E-state index is 6.11. The predicted octanol–water partition coefficient (Wildman–Crippen LogP) is 5.28. The van der Waals surface area contributed by atoms with Crippen molar-refractivity contribution in [2.75, 3.05) is 7.05 Å². The Kier molecular flexibility index (Phi) is 6.96. The van der Waals surface area contributed by atoms with Gasteiger partial charge in [-0.2, -0.15) is 0 Å². The van der Waals surface area contributed by atoms with Crippen LogP contribution in [0.15, 0.2) is 18.2 Å². The molecule has 0 aromatic heterocycles.